The number of nitrogens with two attached hydrogens (primary N) is 1. The Morgan fingerprint density at radius 1 is 1.50 bits per heavy atom. The molecule has 5 nitrogen and oxygen atoms in total. The third-order valence-corrected chi connectivity index (χ3v) is 5.43. The van der Waals surface area contributed by atoms with Crippen molar-refractivity contribution in [2.45, 2.75) is 18.2 Å². The molecule has 2 rings (SSSR count). The first-order valence-corrected chi connectivity index (χ1v) is 8.02. The lowest BCUT2D eigenvalue weighted by atomic mass is 10.1. The van der Waals surface area contributed by atoms with Crippen molar-refractivity contribution in [3.8, 4) is 0 Å². The van der Waals surface area contributed by atoms with Gasteiger partial charge in [0.15, 0.2) is 0 Å². The van der Waals surface area contributed by atoms with E-state index in [2.05, 4.69) is 0 Å². The maximum absolute atomic E-state index is 13.3. The number of anilines is 1. The second-order valence-corrected chi connectivity index (χ2v) is 6.77. The van der Waals surface area contributed by atoms with Crippen molar-refractivity contribution in [3.63, 3.8) is 0 Å². The van der Waals surface area contributed by atoms with Crippen molar-refractivity contribution in [2.24, 2.45) is 5.92 Å². The molecule has 0 amide bonds. The van der Waals surface area contributed by atoms with Crippen LogP contribution in [-0.4, -0.2) is 39.0 Å². The Labute approximate surface area is 118 Å². The first-order valence-electron chi connectivity index (χ1n) is 6.58. The molecule has 0 saturated carbocycles. The average Bonchev–Trinajstić information content (AvgIpc) is 2.91. The molecule has 1 saturated heterocycles. The van der Waals surface area contributed by atoms with E-state index in [-0.39, 0.29) is 16.5 Å². The Bertz CT molecular complexity index is 571. The Kier molecular flexibility index (Phi) is 4.62. The molecule has 1 atom stereocenters. The van der Waals surface area contributed by atoms with Crippen molar-refractivity contribution < 1.29 is 17.5 Å². The van der Waals surface area contributed by atoms with Gasteiger partial charge in [-0.25, -0.2) is 12.8 Å². The molecule has 20 heavy (non-hydrogen) atoms. The summed E-state index contributed by atoms with van der Waals surface area (Å²) < 4.78 is 45.0. The van der Waals surface area contributed by atoms with E-state index < -0.39 is 15.8 Å². The molecule has 1 unspecified atom stereocenters. The molecule has 1 heterocycles. The topological polar surface area (TPSA) is 72.6 Å². The molecule has 1 aromatic rings. The lowest BCUT2D eigenvalue weighted by Crippen LogP contribution is -2.35. The predicted octanol–water partition coefficient (Wildman–Crippen LogP) is 1.45. The molecule has 112 valence electrons. The van der Waals surface area contributed by atoms with Crippen LogP contribution < -0.4 is 5.73 Å². The van der Waals surface area contributed by atoms with Gasteiger partial charge in [-0.15, -0.1) is 0 Å². The van der Waals surface area contributed by atoms with E-state index in [1.54, 1.807) is 6.92 Å². The van der Waals surface area contributed by atoms with E-state index in [9.17, 15) is 12.8 Å². The van der Waals surface area contributed by atoms with E-state index in [1.165, 1.54) is 10.4 Å². The molecule has 2 N–H and O–H groups in total. The summed E-state index contributed by atoms with van der Waals surface area (Å²) in [6.45, 7) is 3.65. The summed E-state index contributed by atoms with van der Waals surface area (Å²) in [7, 11) is -3.78. The van der Waals surface area contributed by atoms with Gasteiger partial charge in [-0.05, 0) is 30.5 Å². The highest BCUT2D eigenvalue weighted by Gasteiger charge is 2.29. The maximum Gasteiger partial charge on any atom is 0.245 e. The molecule has 0 aromatic heterocycles. The zero-order valence-electron chi connectivity index (χ0n) is 11.4. The first kappa shape index (κ1) is 15.2. The number of benzene rings is 1. The third kappa shape index (κ3) is 3.11. The fourth-order valence-corrected chi connectivity index (χ4v) is 3.94. The molecule has 7 heteroatoms. The Hall–Kier alpha value is -1.18. The van der Waals surface area contributed by atoms with Crippen LogP contribution in [0.5, 0.6) is 0 Å². The van der Waals surface area contributed by atoms with Gasteiger partial charge in [0.25, 0.3) is 0 Å². The highest BCUT2D eigenvalue weighted by atomic mass is 32.2. The molecule has 0 aliphatic carbocycles. The van der Waals surface area contributed by atoms with Crippen LogP contribution in [0.15, 0.2) is 23.1 Å². The highest BCUT2D eigenvalue weighted by molar-refractivity contribution is 7.89. The molecule has 1 fully saturated rings. The SMILES string of the molecule is CCN(CC1CCOC1)S(=O)(=O)c1cc(F)ccc1N. The Morgan fingerprint density at radius 3 is 2.85 bits per heavy atom. The minimum atomic E-state index is -3.78. The second-order valence-electron chi connectivity index (χ2n) is 4.87. The summed E-state index contributed by atoms with van der Waals surface area (Å²) in [6, 6.07) is 3.39. The van der Waals surface area contributed by atoms with Crippen LogP contribution in [-0.2, 0) is 14.8 Å². The number of hydrogen-bond acceptors (Lipinski definition) is 4. The minimum absolute atomic E-state index is 0.0625. The van der Waals surface area contributed by atoms with Crippen LogP contribution in [0.2, 0.25) is 0 Å². The van der Waals surface area contributed by atoms with Gasteiger partial charge in [0.05, 0.1) is 12.3 Å². The molecule has 0 bridgehead atoms. The van der Waals surface area contributed by atoms with E-state index in [1.807, 2.05) is 0 Å². The van der Waals surface area contributed by atoms with Crippen molar-refractivity contribution in [2.75, 3.05) is 32.0 Å². The minimum Gasteiger partial charge on any atom is -0.398 e. The second kappa shape index (κ2) is 6.07. The maximum atomic E-state index is 13.3. The molecule has 1 aliphatic heterocycles. The largest absolute Gasteiger partial charge is 0.398 e. The third-order valence-electron chi connectivity index (χ3n) is 3.43. The first-order chi connectivity index (χ1) is 9.45. The van der Waals surface area contributed by atoms with Crippen LogP contribution in [0.4, 0.5) is 10.1 Å². The van der Waals surface area contributed by atoms with Crippen molar-refractivity contribution in [3.05, 3.63) is 24.0 Å². The molecule has 0 radical (unpaired) electrons. The number of sulfonamides is 1. The summed E-state index contributed by atoms with van der Waals surface area (Å²) in [4.78, 5) is -0.168. The van der Waals surface area contributed by atoms with Crippen LogP contribution >= 0.6 is 0 Å². The standard InChI is InChI=1S/C13H19FN2O3S/c1-2-16(8-10-5-6-19-9-10)20(17,18)13-7-11(14)3-4-12(13)15/h3-4,7,10H,2,5-6,8-9,15H2,1H3. The molecule has 0 spiro atoms. The van der Waals surface area contributed by atoms with Crippen molar-refractivity contribution in [1.29, 1.82) is 0 Å². The number of halogens is 1. The van der Waals surface area contributed by atoms with Gasteiger partial charge >= 0.3 is 0 Å². The van der Waals surface area contributed by atoms with E-state index in [0.29, 0.717) is 26.3 Å². The predicted molar refractivity (Wildman–Crippen MR) is 74.2 cm³/mol. The fraction of sp³-hybridized carbons (Fsp3) is 0.538. The molecular weight excluding hydrogens is 283 g/mol. The highest BCUT2D eigenvalue weighted by Crippen LogP contribution is 2.25. The van der Waals surface area contributed by atoms with Gasteiger partial charge < -0.3 is 10.5 Å². The number of nitrogens with zero attached hydrogens (tertiary/aromatic N) is 1. The van der Waals surface area contributed by atoms with E-state index in [0.717, 1.165) is 18.6 Å². The molecule has 1 aromatic carbocycles. The Morgan fingerprint density at radius 2 is 2.25 bits per heavy atom. The lowest BCUT2D eigenvalue weighted by Gasteiger charge is -2.23. The summed E-state index contributed by atoms with van der Waals surface area (Å²) in [5, 5.41) is 0. The van der Waals surface area contributed by atoms with E-state index >= 15 is 0 Å². The van der Waals surface area contributed by atoms with E-state index in [4.69, 9.17) is 10.5 Å². The van der Waals surface area contributed by atoms with Gasteiger partial charge in [-0.3, -0.25) is 0 Å². The summed E-state index contributed by atoms with van der Waals surface area (Å²) in [5.41, 5.74) is 5.74. The van der Waals surface area contributed by atoms with Crippen LogP contribution in [0.1, 0.15) is 13.3 Å². The van der Waals surface area contributed by atoms with Crippen molar-refractivity contribution >= 4 is 15.7 Å². The monoisotopic (exact) mass is 302 g/mol. The lowest BCUT2D eigenvalue weighted by molar-refractivity contribution is 0.181. The summed E-state index contributed by atoms with van der Waals surface area (Å²) >= 11 is 0. The molecule has 1 aliphatic rings. The zero-order valence-corrected chi connectivity index (χ0v) is 12.2. The summed E-state index contributed by atoms with van der Waals surface area (Å²) in [5.74, 6) is -0.433. The number of rotatable bonds is 5. The fourth-order valence-electron chi connectivity index (χ4n) is 2.28. The van der Waals surface area contributed by atoms with Gasteiger partial charge in [0.2, 0.25) is 10.0 Å². The summed E-state index contributed by atoms with van der Waals surface area (Å²) in [6.07, 6.45) is 0.838. The normalized spacial score (nSPS) is 19.6. The Balaban J connectivity index is 2.28. The number of hydrogen-bond donors (Lipinski definition) is 1. The van der Waals surface area contributed by atoms with Crippen LogP contribution in [0, 0.1) is 11.7 Å². The smallest absolute Gasteiger partial charge is 0.245 e. The van der Waals surface area contributed by atoms with Gasteiger partial charge in [-0.1, -0.05) is 6.92 Å². The molecular formula is C13H19FN2O3S. The van der Waals surface area contributed by atoms with Gasteiger partial charge in [0.1, 0.15) is 10.7 Å². The zero-order chi connectivity index (χ0) is 14.8. The van der Waals surface area contributed by atoms with Crippen LogP contribution in [0.3, 0.4) is 0 Å². The van der Waals surface area contributed by atoms with Crippen molar-refractivity contribution in [1.82, 2.24) is 4.31 Å². The number of nitrogen functional groups attached to an aromatic ring is 1. The van der Waals surface area contributed by atoms with Gasteiger partial charge in [0, 0.05) is 19.7 Å². The quantitative estimate of drug-likeness (QED) is 0.836. The number of ether oxygens (including phenoxy) is 1. The van der Waals surface area contributed by atoms with Crippen LogP contribution in [0.25, 0.3) is 0 Å². The average molecular weight is 302 g/mol. The van der Waals surface area contributed by atoms with Gasteiger partial charge in [-0.2, -0.15) is 4.31 Å².